The summed E-state index contributed by atoms with van der Waals surface area (Å²) in [6.45, 7) is 0. The number of nitriles is 1. The summed E-state index contributed by atoms with van der Waals surface area (Å²) in [4.78, 5) is -1.26. The summed E-state index contributed by atoms with van der Waals surface area (Å²) in [5.74, 6) is -6.77. The predicted molar refractivity (Wildman–Crippen MR) is 81.4 cm³/mol. The zero-order chi connectivity index (χ0) is 20.9. The van der Waals surface area contributed by atoms with Crippen LogP contribution in [0.15, 0.2) is 35.2 Å². The van der Waals surface area contributed by atoms with Crippen molar-refractivity contribution >= 4 is 9.84 Å². The lowest BCUT2D eigenvalue weighted by Crippen LogP contribution is -2.27. The SMILES string of the molecule is N#Cc1cc(F)cc(Oc2ccc(S(=O)(=O)C(F)F)c3c2OC(F)(F)C3O)c1. The zero-order valence-corrected chi connectivity index (χ0v) is 14.2. The van der Waals surface area contributed by atoms with Crippen molar-refractivity contribution in [3.05, 3.63) is 47.3 Å². The number of aliphatic hydroxyl groups excluding tert-OH is 1. The van der Waals surface area contributed by atoms with Gasteiger partial charge >= 0.3 is 11.9 Å². The molecule has 1 unspecified atom stereocenters. The molecule has 1 N–H and O–H groups in total. The fraction of sp³-hybridized carbons (Fsp3) is 0.188. The maximum absolute atomic E-state index is 13.8. The Labute approximate surface area is 154 Å². The summed E-state index contributed by atoms with van der Waals surface area (Å²) in [5.41, 5.74) is -1.28. The third-order valence-electron chi connectivity index (χ3n) is 3.72. The van der Waals surface area contributed by atoms with Crippen LogP contribution in [0.25, 0.3) is 0 Å². The minimum absolute atomic E-state index is 0.171. The number of aliphatic hydroxyl groups is 1. The van der Waals surface area contributed by atoms with Crippen LogP contribution in [0.4, 0.5) is 22.0 Å². The van der Waals surface area contributed by atoms with Gasteiger partial charge in [-0.3, -0.25) is 0 Å². The molecule has 0 aliphatic carbocycles. The average Bonchev–Trinajstić information content (AvgIpc) is 2.85. The molecular formula is C16H8F5NO5S. The van der Waals surface area contributed by atoms with Crippen LogP contribution >= 0.6 is 0 Å². The van der Waals surface area contributed by atoms with E-state index in [-0.39, 0.29) is 11.3 Å². The summed E-state index contributed by atoms with van der Waals surface area (Å²) in [7, 11) is -5.36. The van der Waals surface area contributed by atoms with Crippen molar-refractivity contribution in [2.75, 3.05) is 0 Å². The van der Waals surface area contributed by atoms with Crippen molar-refractivity contribution in [3.63, 3.8) is 0 Å². The molecule has 2 aromatic carbocycles. The maximum atomic E-state index is 13.8. The quantitative estimate of drug-likeness (QED) is 0.759. The number of nitrogens with zero attached hydrogens (tertiary/aromatic N) is 1. The molecule has 12 heteroatoms. The largest absolute Gasteiger partial charge is 0.453 e. The Morgan fingerprint density at radius 1 is 1.25 bits per heavy atom. The van der Waals surface area contributed by atoms with Gasteiger partial charge < -0.3 is 14.6 Å². The van der Waals surface area contributed by atoms with Crippen LogP contribution in [-0.2, 0) is 9.84 Å². The van der Waals surface area contributed by atoms with E-state index >= 15 is 0 Å². The highest BCUT2D eigenvalue weighted by molar-refractivity contribution is 7.91. The third kappa shape index (κ3) is 3.23. The molecular weight excluding hydrogens is 413 g/mol. The van der Waals surface area contributed by atoms with Crippen molar-refractivity contribution in [2.24, 2.45) is 0 Å². The number of rotatable bonds is 4. The Bertz CT molecular complexity index is 1100. The van der Waals surface area contributed by atoms with E-state index in [2.05, 4.69) is 4.74 Å². The number of fused-ring (bicyclic) bond motifs is 1. The standard InChI is InChI=1S/C16H8F5NO5S/c17-8-3-7(6-22)4-9(5-8)26-10-1-2-11(28(24,25)15(18)19)12-13(10)27-16(20,21)14(12)23/h1-5,14-15,23H. The fourth-order valence-electron chi connectivity index (χ4n) is 2.52. The van der Waals surface area contributed by atoms with E-state index in [1.807, 2.05) is 0 Å². The van der Waals surface area contributed by atoms with E-state index in [0.717, 1.165) is 24.3 Å². The molecule has 6 nitrogen and oxygen atoms in total. The molecule has 2 aromatic rings. The fourth-order valence-corrected chi connectivity index (χ4v) is 3.48. The zero-order valence-electron chi connectivity index (χ0n) is 13.4. The molecule has 0 radical (unpaired) electrons. The minimum Gasteiger partial charge on any atom is -0.453 e. The maximum Gasteiger partial charge on any atom is 0.429 e. The lowest BCUT2D eigenvalue weighted by molar-refractivity contribution is -0.224. The predicted octanol–water partition coefficient (Wildman–Crippen LogP) is 3.50. The first-order chi connectivity index (χ1) is 13.0. The normalized spacial score (nSPS) is 17.7. The van der Waals surface area contributed by atoms with Gasteiger partial charge in [-0.2, -0.15) is 22.8 Å². The molecule has 0 saturated carbocycles. The number of sulfone groups is 1. The second kappa shape index (κ2) is 6.61. The number of hydrogen-bond acceptors (Lipinski definition) is 6. The monoisotopic (exact) mass is 421 g/mol. The van der Waals surface area contributed by atoms with Crippen molar-refractivity contribution in [2.45, 2.75) is 22.9 Å². The van der Waals surface area contributed by atoms with Gasteiger partial charge in [0, 0.05) is 6.07 Å². The number of hydrogen-bond donors (Lipinski definition) is 1. The summed E-state index contributed by atoms with van der Waals surface area (Å²) < 4.78 is 99.7. The van der Waals surface area contributed by atoms with Crippen LogP contribution in [0.3, 0.4) is 0 Å². The second-order valence-corrected chi connectivity index (χ2v) is 7.45. The smallest absolute Gasteiger partial charge is 0.429 e. The van der Waals surface area contributed by atoms with Gasteiger partial charge in [-0.1, -0.05) is 0 Å². The van der Waals surface area contributed by atoms with Gasteiger partial charge in [0.15, 0.2) is 17.6 Å². The second-order valence-electron chi connectivity index (χ2n) is 5.57. The molecule has 0 amide bonds. The van der Waals surface area contributed by atoms with Gasteiger partial charge in [0.05, 0.1) is 22.1 Å². The Morgan fingerprint density at radius 2 is 1.93 bits per heavy atom. The van der Waals surface area contributed by atoms with Crippen molar-refractivity contribution in [1.82, 2.24) is 0 Å². The van der Waals surface area contributed by atoms with Gasteiger partial charge in [0.2, 0.25) is 9.84 Å². The van der Waals surface area contributed by atoms with Gasteiger partial charge in [-0.25, -0.2) is 12.8 Å². The van der Waals surface area contributed by atoms with E-state index in [0.29, 0.717) is 6.07 Å². The molecule has 0 saturated heterocycles. The van der Waals surface area contributed by atoms with Gasteiger partial charge in [-0.05, 0) is 24.3 Å². The molecule has 1 aliphatic rings. The lowest BCUT2D eigenvalue weighted by Gasteiger charge is -2.13. The summed E-state index contributed by atoms with van der Waals surface area (Å²) in [6, 6.07) is 5.61. The van der Waals surface area contributed by atoms with E-state index in [9.17, 15) is 35.5 Å². The summed E-state index contributed by atoms with van der Waals surface area (Å²) in [5, 5.41) is 18.5. The molecule has 1 aliphatic heterocycles. The number of halogens is 5. The number of benzene rings is 2. The van der Waals surface area contributed by atoms with Crippen LogP contribution < -0.4 is 9.47 Å². The average molecular weight is 421 g/mol. The highest BCUT2D eigenvalue weighted by Gasteiger charge is 2.54. The lowest BCUT2D eigenvalue weighted by atomic mass is 10.1. The Hall–Kier alpha value is -2.91. The Kier molecular flexibility index (Phi) is 4.68. The number of ether oxygens (including phenoxy) is 2. The summed E-state index contributed by atoms with van der Waals surface area (Å²) in [6.07, 6.45) is -7.19. The summed E-state index contributed by atoms with van der Waals surface area (Å²) >= 11 is 0. The number of alkyl halides is 4. The van der Waals surface area contributed by atoms with Crippen LogP contribution in [0.2, 0.25) is 0 Å². The minimum atomic E-state index is -5.36. The first-order valence-corrected chi connectivity index (χ1v) is 8.84. The molecule has 1 heterocycles. The van der Waals surface area contributed by atoms with Crippen molar-refractivity contribution in [3.8, 4) is 23.3 Å². The van der Waals surface area contributed by atoms with Gasteiger partial charge in [0.25, 0.3) is 0 Å². The molecule has 1 atom stereocenters. The van der Waals surface area contributed by atoms with Gasteiger partial charge in [-0.15, -0.1) is 0 Å². The first kappa shape index (κ1) is 19.8. The Balaban J connectivity index is 2.17. The van der Waals surface area contributed by atoms with Crippen LogP contribution in [0, 0.1) is 17.1 Å². The van der Waals surface area contributed by atoms with Crippen LogP contribution in [0.5, 0.6) is 17.2 Å². The van der Waals surface area contributed by atoms with E-state index < -0.39 is 55.6 Å². The molecule has 0 aromatic heterocycles. The molecule has 28 heavy (non-hydrogen) atoms. The van der Waals surface area contributed by atoms with Gasteiger partial charge in [0.1, 0.15) is 11.6 Å². The van der Waals surface area contributed by atoms with E-state index in [4.69, 9.17) is 10.00 Å². The van der Waals surface area contributed by atoms with Crippen molar-refractivity contribution < 1.29 is 45.0 Å². The highest BCUT2D eigenvalue weighted by Crippen LogP contribution is 2.53. The first-order valence-electron chi connectivity index (χ1n) is 7.29. The molecule has 0 bridgehead atoms. The van der Waals surface area contributed by atoms with E-state index in [1.165, 1.54) is 0 Å². The molecule has 3 rings (SSSR count). The van der Waals surface area contributed by atoms with Crippen molar-refractivity contribution in [1.29, 1.82) is 5.26 Å². The highest BCUT2D eigenvalue weighted by atomic mass is 32.2. The van der Waals surface area contributed by atoms with Crippen LogP contribution in [-0.4, -0.2) is 25.4 Å². The van der Waals surface area contributed by atoms with Crippen LogP contribution in [0.1, 0.15) is 17.2 Å². The molecule has 0 spiro atoms. The third-order valence-corrected chi connectivity index (χ3v) is 5.16. The topological polar surface area (TPSA) is 96.6 Å². The molecule has 148 valence electrons. The Morgan fingerprint density at radius 3 is 2.54 bits per heavy atom. The molecule has 0 fully saturated rings. The van der Waals surface area contributed by atoms with E-state index in [1.54, 1.807) is 6.07 Å².